The van der Waals surface area contributed by atoms with Gasteiger partial charge in [-0.2, -0.15) is 0 Å². The Labute approximate surface area is 108 Å². The van der Waals surface area contributed by atoms with Gasteiger partial charge in [0.25, 0.3) is 17.5 Å². The molecule has 0 saturated carbocycles. The monoisotopic (exact) mass is 258 g/mol. The van der Waals surface area contributed by atoms with Gasteiger partial charge in [-0.15, -0.1) is 0 Å². The Morgan fingerprint density at radius 3 is 2.84 bits per heavy atom. The summed E-state index contributed by atoms with van der Waals surface area (Å²) in [6, 6.07) is 5.90. The van der Waals surface area contributed by atoms with Crippen molar-refractivity contribution in [3.63, 3.8) is 0 Å². The zero-order valence-corrected chi connectivity index (χ0v) is 9.85. The number of rotatable bonds is 3. The lowest BCUT2D eigenvalue weighted by Crippen LogP contribution is -2.30. The van der Waals surface area contributed by atoms with Crippen LogP contribution in [0.5, 0.6) is 0 Å². The number of carbonyl (C=O) groups is 2. The second kappa shape index (κ2) is 5.26. The highest BCUT2D eigenvalue weighted by Crippen LogP contribution is 2.14. The zero-order chi connectivity index (χ0) is 13.8. The maximum Gasteiger partial charge on any atom is 0.270 e. The molecule has 0 radical (unpaired) electrons. The molecule has 1 aromatic carbocycles. The predicted octanol–water partition coefficient (Wildman–Crippen LogP) is 1.53. The number of nitro benzene ring substituents is 1. The van der Waals surface area contributed by atoms with Crippen LogP contribution in [0.4, 0.5) is 5.69 Å². The van der Waals surface area contributed by atoms with Crippen molar-refractivity contribution in [3.05, 3.63) is 58.2 Å². The molecule has 0 N–H and O–H groups in total. The maximum atomic E-state index is 11.7. The van der Waals surface area contributed by atoms with E-state index >= 15 is 0 Å². The Kier molecular flexibility index (Phi) is 3.51. The summed E-state index contributed by atoms with van der Waals surface area (Å²) in [7, 11) is 0. The van der Waals surface area contributed by atoms with E-state index < -0.39 is 10.8 Å². The molecule has 1 aromatic rings. The molecule has 0 bridgehead atoms. The van der Waals surface area contributed by atoms with E-state index in [9.17, 15) is 19.7 Å². The van der Waals surface area contributed by atoms with Crippen molar-refractivity contribution in [1.82, 2.24) is 4.90 Å². The Bertz CT molecular complexity index is 604. The lowest BCUT2D eigenvalue weighted by Gasteiger charge is -2.09. The lowest BCUT2D eigenvalue weighted by molar-refractivity contribution is -0.384. The summed E-state index contributed by atoms with van der Waals surface area (Å²) in [5.74, 6) is -0.796. The number of benzene rings is 1. The van der Waals surface area contributed by atoms with E-state index in [1.54, 1.807) is 12.1 Å². The van der Waals surface area contributed by atoms with E-state index in [4.69, 9.17) is 0 Å². The molecule has 1 aliphatic heterocycles. The number of carbonyl (C=O) groups excluding carboxylic acids is 2. The predicted molar refractivity (Wildman–Crippen MR) is 68.0 cm³/mol. The molecule has 6 nitrogen and oxygen atoms in total. The fourth-order valence-electron chi connectivity index (χ4n) is 1.64. The van der Waals surface area contributed by atoms with Crippen molar-refractivity contribution in [2.45, 2.75) is 0 Å². The first kappa shape index (κ1) is 12.7. The Balaban J connectivity index is 2.10. The van der Waals surface area contributed by atoms with Gasteiger partial charge >= 0.3 is 0 Å². The first-order chi connectivity index (χ1) is 9.08. The zero-order valence-electron chi connectivity index (χ0n) is 9.85. The normalized spacial score (nSPS) is 14.3. The van der Waals surface area contributed by atoms with Gasteiger partial charge < -0.3 is 0 Å². The number of amides is 2. The highest BCUT2D eigenvalue weighted by molar-refractivity contribution is 6.08. The molecule has 0 aromatic heterocycles. The van der Waals surface area contributed by atoms with Crippen molar-refractivity contribution in [2.24, 2.45) is 0 Å². The van der Waals surface area contributed by atoms with Crippen LogP contribution in [0.3, 0.4) is 0 Å². The molecule has 96 valence electrons. The van der Waals surface area contributed by atoms with Crippen LogP contribution in [-0.4, -0.2) is 28.2 Å². The van der Waals surface area contributed by atoms with Gasteiger partial charge in [0, 0.05) is 30.8 Å². The van der Waals surface area contributed by atoms with E-state index in [0.29, 0.717) is 5.56 Å². The fourth-order valence-corrected chi connectivity index (χ4v) is 1.64. The number of nitro groups is 1. The molecule has 2 amide bonds. The van der Waals surface area contributed by atoms with Gasteiger partial charge in [-0.25, -0.2) is 0 Å². The van der Waals surface area contributed by atoms with Gasteiger partial charge in [-0.1, -0.05) is 18.2 Å². The van der Waals surface area contributed by atoms with Crippen LogP contribution in [0.1, 0.15) is 5.56 Å². The molecule has 0 saturated heterocycles. The van der Waals surface area contributed by atoms with Crippen LogP contribution in [0, 0.1) is 10.1 Å². The largest absolute Gasteiger partial charge is 0.272 e. The minimum Gasteiger partial charge on any atom is -0.272 e. The summed E-state index contributed by atoms with van der Waals surface area (Å²) >= 11 is 0. The molecule has 6 heteroatoms. The summed E-state index contributed by atoms with van der Waals surface area (Å²) in [4.78, 5) is 34.1. The van der Waals surface area contributed by atoms with Crippen LogP contribution in [0.2, 0.25) is 0 Å². The van der Waals surface area contributed by atoms with E-state index in [1.807, 2.05) is 0 Å². The quantitative estimate of drug-likeness (QED) is 0.468. The average molecular weight is 258 g/mol. The molecule has 0 fully saturated rings. The highest BCUT2D eigenvalue weighted by Gasteiger charge is 2.19. The molecule has 0 atom stereocenters. The van der Waals surface area contributed by atoms with E-state index in [2.05, 4.69) is 0 Å². The van der Waals surface area contributed by atoms with Gasteiger partial charge in [-0.05, 0) is 11.6 Å². The van der Waals surface area contributed by atoms with Crippen LogP contribution >= 0.6 is 0 Å². The van der Waals surface area contributed by atoms with Gasteiger partial charge in [0.2, 0.25) is 0 Å². The molecular weight excluding hydrogens is 248 g/mol. The summed E-state index contributed by atoms with van der Waals surface area (Å²) in [5, 5.41) is 10.6. The molecule has 2 rings (SSSR count). The average Bonchev–Trinajstić information content (AvgIpc) is 2.82. The number of imide groups is 1. The van der Waals surface area contributed by atoms with Crippen molar-refractivity contribution in [1.29, 1.82) is 0 Å². The van der Waals surface area contributed by atoms with E-state index in [1.165, 1.54) is 36.4 Å². The highest BCUT2D eigenvalue weighted by atomic mass is 16.6. The summed E-state index contributed by atoms with van der Waals surface area (Å²) in [5.41, 5.74) is 0.482. The van der Waals surface area contributed by atoms with Crippen LogP contribution in [-0.2, 0) is 9.59 Å². The lowest BCUT2D eigenvalue weighted by atomic mass is 10.2. The van der Waals surface area contributed by atoms with Gasteiger partial charge in [0.15, 0.2) is 0 Å². The third-order valence-corrected chi connectivity index (χ3v) is 2.58. The third-order valence-electron chi connectivity index (χ3n) is 2.58. The van der Waals surface area contributed by atoms with Crippen molar-refractivity contribution in [2.75, 3.05) is 6.54 Å². The van der Waals surface area contributed by atoms with Crippen molar-refractivity contribution in [3.8, 4) is 0 Å². The molecule has 0 unspecified atom stereocenters. The first-order valence-corrected chi connectivity index (χ1v) is 5.52. The van der Waals surface area contributed by atoms with Crippen LogP contribution < -0.4 is 0 Å². The maximum absolute atomic E-state index is 11.7. The number of nitrogens with zero attached hydrogens (tertiary/aromatic N) is 2. The Hall–Kier alpha value is -2.76. The van der Waals surface area contributed by atoms with Gasteiger partial charge in [0.05, 0.1) is 4.92 Å². The molecular formula is C13H10N2O4. The number of hydrogen-bond donors (Lipinski definition) is 0. The smallest absolute Gasteiger partial charge is 0.270 e. The van der Waals surface area contributed by atoms with Crippen molar-refractivity contribution < 1.29 is 14.5 Å². The SMILES string of the molecule is O=C1C=CCN1C(=O)/C=C/c1cccc([N+](=O)[O-])c1. The summed E-state index contributed by atoms with van der Waals surface area (Å²) in [6.07, 6.45) is 5.60. The topological polar surface area (TPSA) is 80.5 Å². The van der Waals surface area contributed by atoms with Gasteiger partial charge in [-0.3, -0.25) is 24.6 Å². The molecule has 0 spiro atoms. The van der Waals surface area contributed by atoms with Crippen LogP contribution in [0.25, 0.3) is 6.08 Å². The van der Waals surface area contributed by atoms with Crippen molar-refractivity contribution >= 4 is 23.6 Å². The second-order valence-corrected chi connectivity index (χ2v) is 3.87. The summed E-state index contributed by atoms with van der Waals surface area (Å²) < 4.78 is 0. The fraction of sp³-hybridized carbons (Fsp3) is 0.0769. The Morgan fingerprint density at radius 1 is 1.42 bits per heavy atom. The number of hydrogen-bond acceptors (Lipinski definition) is 4. The molecule has 1 heterocycles. The Morgan fingerprint density at radius 2 is 2.21 bits per heavy atom. The molecule has 0 aliphatic carbocycles. The van der Waals surface area contributed by atoms with Gasteiger partial charge in [0.1, 0.15) is 0 Å². The van der Waals surface area contributed by atoms with E-state index in [0.717, 1.165) is 4.90 Å². The molecule has 1 aliphatic rings. The summed E-state index contributed by atoms with van der Waals surface area (Å²) in [6.45, 7) is 0.261. The van der Waals surface area contributed by atoms with Crippen LogP contribution in [0.15, 0.2) is 42.5 Å². The second-order valence-electron chi connectivity index (χ2n) is 3.87. The number of non-ortho nitro benzene ring substituents is 1. The standard InChI is InChI=1S/C13H10N2O4/c16-12-5-2-8-14(12)13(17)7-6-10-3-1-4-11(9-10)15(18)19/h1-7,9H,8H2/b7-6+. The first-order valence-electron chi connectivity index (χ1n) is 5.52. The minimum absolute atomic E-state index is 0.0477. The third kappa shape index (κ3) is 2.92. The molecule has 19 heavy (non-hydrogen) atoms. The van der Waals surface area contributed by atoms with E-state index in [-0.39, 0.29) is 18.1 Å². The minimum atomic E-state index is -0.507.